The number of rotatable bonds is 8. The lowest BCUT2D eigenvalue weighted by molar-refractivity contribution is -0.119. The Balaban J connectivity index is 0.00000341. The molecule has 0 saturated carbocycles. The summed E-state index contributed by atoms with van der Waals surface area (Å²) >= 11 is 0. The second-order valence-corrected chi connectivity index (χ2v) is 6.77. The van der Waals surface area contributed by atoms with Crippen molar-refractivity contribution in [3.05, 3.63) is 72.2 Å². The molecule has 3 rings (SSSR count). The molecule has 9 heteroatoms. The Morgan fingerprint density at radius 2 is 2.00 bits per heavy atom. The molecule has 1 amide bonds. The third kappa shape index (κ3) is 7.28. The van der Waals surface area contributed by atoms with Gasteiger partial charge in [-0.2, -0.15) is 0 Å². The first-order valence-corrected chi connectivity index (χ1v) is 9.56. The molecule has 1 aromatic heterocycles. The lowest BCUT2D eigenvalue weighted by Crippen LogP contribution is -2.38. The number of aromatic nitrogens is 2. The summed E-state index contributed by atoms with van der Waals surface area (Å²) in [6.07, 6.45) is 1.84. The number of halogens is 1. The number of aliphatic imine (C=N–C) groups is 1. The van der Waals surface area contributed by atoms with E-state index in [4.69, 9.17) is 10.5 Å². The number of guanidine groups is 1. The number of ether oxygens (including phenoxy) is 1. The van der Waals surface area contributed by atoms with Gasteiger partial charge in [0.25, 0.3) is 5.91 Å². The highest BCUT2D eigenvalue weighted by molar-refractivity contribution is 14.0. The molecule has 0 aliphatic carbocycles. The highest BCUT2D eigenvalue weighted by Gasteiger charge is 2.10. The van der Waals surface area contributed by atoms with Gasteiger partial charge < -0.3 is 25.7 Å². The number of nitrogens with two attached hydrogens (primary N) is 1. The Morgan fingerprint density at radius 3 is 2.71 bits per heavy atom. The van der Waals surface area contributed by atoms with Gasteiger partial charge in [0, 0.05) is 20.6 Å². The Labute approximate surface area is 198 Å². The fourth-order valence-corrected chi connectivity index (χ4v) is 2.97. The van der Waals surface area contributed by atoms with Crippen LogP contribution in [-0.2, 0) is 17.9 Å². The SMILES string of the molecule is CN=C(NCc1cccc(OCC(N)=O)c1)N(C)Cc1ncc(-c2ccccc2)[nH]1.I. The van der Waals surface area contributed by atoms with E-state index in [1.807, 2.05) is 66.7 Å². The van der Waals surface area contributed by atoms with Crippen molar-refractivity contribution in [3.63, 3.8) is 0 Å². The number of nitrogens with zero attached hydrogens (tertiary/aromatic N) is 3. The quantitative estimate of drug-likeness (QED) is 0.234. The smallest absolute Gasteiger partial charge is 0.255 e. The monoisotopic (exact) mass is 534 g/mol. The van der Waals surface area contributed by atoms with Crippen LogP contribution in [0.3, 0.4) is 0 Å². The van der Waals surface area contributed by atoms with Gasteiger partial charge in [-0.05, 0) is 23.3 Å². The molecule has 2 aromatic carbocycles. The molecule has 0 fully saturated rings. The topological polar surface area (TPSA) is 109 Å². The summed E-state index contributed by atoms with van der Waals surface area (Å²) in [6.45, 7) is 0.988. The van der Waals surface area contributed by atoms with Gasteiger partial charge in [-0.15, -0.1) is 24.0 Å². The summed E-state index contributed by atoms with van der Waals surface area (Å²) in [4.78, 5) is 25.0. The molecule has 1 heterocycles. The van der Waals surface area contributed by atoms with Crippen molar-refractivity contribution in [2.75, 3.05) is 20.7 Å². The van der Waals surface area contributed by atoms with Gasteiger partial charge in [0.15, 0.2) is 12.6 Å². The molecule has 0 spiro atoms. The van der Waals surface area contributed by atoms with Gasteiger partial charge in [0.2, 0.25) is 0 Å². The van der Waals surface area contributed by atoms with Crippen LogP contribution in [0.15, 0.2) is 65.8 Å². The van der Waals surface area contributed by atoms with Crippen LogP contribution in [0, 0.1) is 0 Å². The van der Waals surface area contributed by atoms with E-state index in [2.05, 4.69) is 20.3 Å². The summed E-state index contributed by atoms with van der Waals surface area (Å²) in [5.41, 5.74) is 8.20. The molecule has 0 bridgehead atoms. The second kappa shape index (κ2) is 11.9. The van der Waals surface area contributed by atoms with E-state index < -0.39 is 5.91 Å². The van der Waals surface area contributed by atoms with E-state index >= 15 is 0 Å². The van der Waals surface area contributed by atoms with Crippen molar-refractivity contribution in [2.24, 2.45) is 10.7 Å². The summed E-state index contributed by atoms with van der Waals surface area (Å²) < 4.78 is 5.35. The van der Waals surface area contributed by atoms with Crippen LogP contribution >= 0.6 is 24.0 Å². The van der Waals surface area contributed by atoms with E-state index in [1.165, 1.54) is 0 Å². The van der Waals surface area contributed by atoms with Gasteiger partial charge in [-0.25, -0.2) is 4.98 Å². The summed E-state index contributed by atoms with van der Waals surface area (Å²) in [6, 6.07) is 17.6. The number of benzene rings is 2. The third-order valence-corrected chi connectivity index (χ3v) is 4.40. The van der Waals surface area contributed by atoms with Gasteiger partial charge in [-0.1, -0.05) is 42.5 Å². The average molecular weight is 534 g/mol. The Kier molecular flexibility index (Phi) is 9.32. The first kappa shape index (κ1) is 24.2. The fraction of sp³-hybridized carbons (Fsp3) is 0.227. The van der Waals surface area contributed by atoms with Crippen molar-refractivity contribution in [1.29, 1.82) is 0 Å². The Morgan fingerprint density at radius 1 is 1.23 bits per heavy atom. The van der Waals surface area contributed by atoms with Gasteiger partial charge in [-0.3, -0.25) is 9.79 Å². The lowest BCUT2D eigenvalue weighted by atomic mass is 10.2. The Bertz CT molecular complexity index is 1010. The number of amides is 1. The summed E-state index contributed by atoms with van der Waals surface area (Å²) in [5, 5.41) is 3.32. The average Bonchev–Trinajstić information content (AvgIpc) is 3.22. The molecule has 3 aromatic rings. The molecule has 0 saturated heterocycles. The number of aromatic amines is 1. The highest BCUT2D eigenvalue weighted by atomic mass is 127. The minimum absolute atomic E-state index is 0. The zero-order chi connectivity index (χ0) is 21.3. The standard InChI is InChI=1S/C22H26N6O2.HI/c1-24-22(26-12-16-7-6-10-18(11-16)30-15-20(23)29)28(2)14-21-25-13-19(27-21)17-8-4-3-5-9-17;/h3-11,13H,12,14-15H2,1-2H3,(H2,23,29)(H,24,26)(H,25,27);1H. The zero-order valence-electron chi connectivity index (χ0n) is 17.5. The van der Waals surface area contributed by atoms with Gasteiger partial charge in [0.1, 0.15) is 11.6 Å². The molecule has 8 nitrogen and oxygen atoms in total. The first-order valence-electron chi connectivity index (χ1n) is 9.56. The predicted octanol–water partition coefficient (Wildman–Crippen LogP) is 2.77. The molecular formula is C22H27IN6O2. The van der Waals surface area contributed by atoms with Crippen LogP contribution in [0.4, 0.5) is 0 Å². The van der Waals surface area contributed by atoms with Crippen LogP contribution in [0.2, 0.25) is 0 Å². The molecule has 0 unspecified atom stereocenters. The summed E-state index contributed by atoms with van der Waals surface area (Å²) in [7, 11) is 3.69. The van der Waals surface area contributed by atoms with Crippen LogP contribution in [-0.4, -0.2) is 47.4 Å². The molecule has 0 aliphatic rings. The van der Waals surface area contributed by atoms with Gasteiger partial charge >= 0.3 is 0 Å². The fourth-order valence-electron chi connectivity index (χ4n) is 2.97. The maximum Gasteiger partial charge on any atom is 0.255 e. The van der Waals surface area contributed by atoms with Crippen molar-refractivity contribution < 1.29 is 9.53 Å². The summed E-state index contributed by atoms with van der Waals surface area (Å²) in [5.74, 6) is 1.67. The molecule has 0 radical (unpaired) electrons. The number of imidazole rings is 1. The zero-order valence-corrected chi connectivity index (χ0v) is 19.9. The van der Waals surface area contributed by atoms with E-state index in [1.54, 1.807) is 13.1 Å². The lowest BCUT2D eigenvalue weighted by Gasteiger charge is -2.21. The molecule has 31 heavy (non-hydrogen) atoms. The number of primary amides is 1. The molecule has 4 N–H and O–H groups in total. The minimum atomic E-state index is -0.506. The molecule has 0 atom stereocenters. The van der Waals surface area contributed by atoms with E-state index in [-0.39, 0.29) is 30.6 Å². The van der Waals surface area contributed by atoms with Crippen molar-refractivity contribution >= 4 is 35.8 Å². The van der Waals surface area contributed by atoms with Crippen LogP contribution in [0.1, 0.15) is 11.4 Å². The predicted molar refractivity (Wildman–Crippen MR) is 132 cm³/mol. The van der Waals surface area contributed by atoms with Crippen molar-refractivity contribution in [3.8, 4) is 17.0 Å². The minimum Gasteiger partial charge on any atom is -0.484 e. The van der Waals surface area contributed by atoms with Crippen molar-refractivity contribution in [2.45, 2.75) is 13.1 Å². The van der Waals surface area contributed by atoms with Crippen LogP contribution in [0.5, 0.6) is 5.75 Å². The highest BCUT2D eigenvalue weighted by Crippen LogP contribution is 2.17. The van der Waals surface area contributed by atoms with Crippen LogP contribution in [0.25, 0.3) is 11.3 Å². The molecule has 164 valence electrons. The Hall–Kier alpha value is -3.08. The third-order valence-electron chi connectivity index (χ3n) is 4.40. The number of carbonyl (C=O) groups is 1. The maximum atomic E-state index is 10.9. The first-order chi connectivity index (χ1) is 14.5. The van der Waals surface area contributed by atoms with Crippen molar-refractivity contribution in [1.82, 2.24) is 20.2 Å². The van der Waals surface area contributed by atoms with E-state index in [9.17, 15) is 4.79 Å². The normalized spacial score (nSPS) is 10.8. The number of carbonyl (C=O) groups excluding carboxylic acids is 1. The number of nitrogens with one attached hydrogen (secondary N) is 2. The number of hydrogen-bond donors (Lipinski definition) is 3. The van der Waals surface area contributed by atoms with Crippen LogP contribution < -0.4 is 15.8 Å². The van der Waals surface area contributed by atoms with E-state index in [0.29, 0.717) is 18.8 Å². The number of hydrogen-bond acceptors (Lipinski definition) is 4. The number of H-pyrrole nitrogens is 1. The van der Waals surface area contributed by atoms with E-state index in [0.717, 1.165) is 28.6 Å². The largest absolute Gasteiger partial charge is 0.484 e. The maximum absolute atomic E-state index is 10.9. The molecule has 0 aliphatic heterocycles. The molecular weight excluding hydrogens is 507 g/mol. The second-order valence-electron chi connectivity index (χ2n) is 6.77. The van der Waals surface area contributed by atoms with Gasteiger partial charge in [0.05, 0.1) is 18.4 Å².